The second-order valence-electron chi connectivity index (χ2n) is 4.56. The highest BCUT2D eigenvalue weighted by molar-refractivity contribution is 9.10. The SMILES string of the molecule is CCCCN(C(=O)C(C)(C)Br)C1CC1. The van der Waals surface area contributed by atoms with Crippen LogP contribution in [-0.2, 0) is 4.79 Å². The zero-order chi connectivity index (χ0) is 10.8. The summed E-state index contributed by atoms with van der Waals surface area (Å²) in [4.78, 5) is 14.1. The second-order valence-corrected chi connectivity index (χ2v) is 6.54. The molecule has 1 rings (SSSR count). The predicted molar refractivity (Wildman–Crippen MR) is 62.6 cm³/mol. The van der Waals surface area contributed by atoms with Gasteiger partial charge in [0, 0.05) is 12.6 Å². The number of unbranched alkanes of at least 4 members (excludes halogenated alkanes) is 1. The van der Waals surface area contributed by atoms with Crippen LogP contribution < -0.4 is 0 Å². The van der Waals surface area contributed by atoms with E-state index < -0.39 is 4.32 Å². The highest BCUT2D eigenvalue weighted by atomic mass is 79.9. The number of carbonyl (C=O) groups excluding carboxylic acids is 1. The maximum absolute atomic E-state index is 12.0. The molecular formula is C11H20BrNO. The van der Waals surface area contributed by atoms with Gasteiger partial charge in [-0.2, -0.15) is 0 Å². The summed E-state index contributed by atoms with van der Waals surface area (Å²) in [5.41, 5.74) is 0. The minimum Gasteiger partial charge on any atom is -0.339 e. The quantitative estimate of drug-likeness (QED) is 0.697. The van der Waals surface area contributed by atoms with Crippen LogP contribution in [0.1, 0.15) is 46.5 Å². The largest absolute Gasteiger partial charge is 0.339 e. The first-order chi connectivity index (χ1) is 6.46. The van der Waals surface area contributed by atoms with Crippen LogP contribution in [0, 0.1) is 0 Å². The Kier molecular flexibility index (Phi) is 3.99. The molecule has 0 radical (unpaired) electrons. The van der Waals surface area contributed by atoms with Gasteiger partial charge in [-0.05, 0) is 33.1 Å². The highest BCUT2D eigenvalue weighted by Crippen LogP contribution is 2.31. The number of alkyl halides is 1. The molecule has 0 N–H and O–H groups in total. The van der Waals surface area contributed by atoms with Crippen LogP contribution in [0.15, 0.2) is 0 Å². The van der Waals surface area contributed by atoms with Gasteiger partial charge in [-0.25, -0.2) is 0 Å². The molecule has 0 aromatic rings. The van der Waals surface area contributed by atoms with Gasteiger partial charge in [-0.1, -0.05) is 29.3 Å². The van der Waals surface area contributed by atoms with E-state index in [4.69, 9.17) is 0 Å². The molecule has 1 fully saturated rings. The Morgan fingerprint density at radius 2 is 2.07 bits per heavy atom. The van der Waals surface area contributed by atoms with Crippen molar-refractivity contribution in [2.24, 2.45) is 0 Å². The molecule has 0 aromatic carbocycles. The van der Waals surface area contributed by atoms with Crippen LogP contribution in [-0.4, -0.2) is 27.7 Å². The third kappa shape index (κ3) is 3.26. The zero-order valence-electron chi connectivity index (χ0n) is 9.35. The molecule has 0 heterocycles. The van der Waals surface area contributed by atoms with Gasteiger partial charge in [0.25, 0.3) is 0 Å². The second kappa shape index (κ2) is 4.65. The number of nitrogens with zero attached hydrogens (tertiary/aromatic N) is 1. The predicted octanol–water partition coefficient (Wildman–Crippen LogP) is 2.95. The fraction of sp³-hybridized carbons (Fsp3) is 0.909. The third-order valence-corrected chi connectivity index (χ3v) is 2.85. The topological polar surface area (TPSA) is 20.3 Å². The Morgan fingerprint density at radius 1 is 1.50 bits per heavy atom. The van der Waals surface area contributed by atoms with Crippen molar-refractivity contribution in [3.8, 4) is 0 Å². The Bertz CT molecular complexity index is 206. The fourth-order valence-corrected chi connectivity index (χ4v) is 1.73. The normalized spacial score (nSPS) is 16.9. The van der Waals surface area contributed by atoms with Gasteiger partial charge >= 0.3 is 0 Å². The standard InChI is InChI=1S/C11H20BrNO/c1-4-5-8-13(9-6-7-9)10(14)11(2,3)12/h9H,4-8H2,1-3H3. The molecule has 0 atom stereocenters. The van der Waals surface area contributed by atoms with Crippen molar-refractivity contribution in [3.05, 3.63) is 0 Å². The van der Waals surface area contributed by atoms with Crippen LogP contribution in [0.4, 0.5) is 0 Å². The number of halogens is 1. The van der Waals surface area contributed by atoms with E-state index >= 15 is 0 Å². The molecule has 82 valence electrons. The molecule has 0 saturated heterocycles. The van der Waals surface area contributed by atoms with Crippen LogP contribution in [0.25, 0.3) is 0 Å². The van der Waals surface area contributed by atoms with E-state index in [-0.39, 0.29) is 5.91 Å². The highest BCUT2D eigenvalue weighted by Gasteiger charge is 2.37. The molecule has 1 aliphatic rings. The average Bonchev–Trinajstić information content (AvgIpc) is 2.86. The molecule has 0 unspecified atom stereocenters. The molecule has 0 aliphatic heterocycles. The lowest BCUT2D eigenvalue weighted by atomic mass is 10.1. The molecule has 2 nitrogen and oxygen atoms in total. The van der Waals surface area contributed by atoms with Gasteiger partial charge < -0.3 is 4.90 Å². The lowest BCUT2D eigenvalue weighted by molar-refractivity contribution is -0.133. The molecule has 14 heavy (non-hydrogen) atoms. The van der Waals surface area contributed by atoms with Crippen LogP contribution in [0.3, 0.4) is 0 Å². The number of amides is 1. The first-order valence-corrected chi connectivity index (χ1v) is 6.26. The van der Waals surface area contributed by atoms with E-state index in [9.17, 15) is 4.79 Å². The number of carbonyl (C=O) groups is 1. The molecule has 0 aromatic heterocycles. The fourth-order valence-electron chi connectivity index (χ4n) is 1.51. The van der Waals surface area contributed by atoms with E-state index in [0.717, 1.165) is 19.4 Å². The first kappa shape index (κ1) is 12.0. The van der Waals surface area contributed by atoms with Crippen LogP contribution >= 0.6 is 15.9 Å². The summed E-state index contributed by atoms with van der Waals surface area (Å²) in [6, 6.07) is 0.533. The summed E-state index contributed by atoms with van der Waals surface area (Å²) in [7, 11) is 0. The zero-order valence-corrected chi connectivity index (χ0v) is 10.9. The Hall–Kier alpha value is -0.0500. The lowest BCUT2D eigenvalue weighted by Gasteiger charge is -2.28. The Labute approximate surface area is 95.2 Å². The monoisotopic (exact) mass is 261 g/mol. The average molecular weight is 262 g/mol. The van der Waals surface area contributed by atoms with Gasteiger partial charge in [0.15, 0.2) is 0 Å². The molecule has 0 spiro atoms. The van der Waals surface area contributed by atoms with Crippen LogP contribution in [0.5, 0.6) is 0 Å². The summed E-state index contributed by atoms with van der Waals surface area (Å²) < 4.78 is -0.399. The van der Waals surface area contributed by atoms with Crippen molar-refractivity contribution in [1.82, 2.24) is 4.90 Å². The maximum atomic E-state index is 12.0. The number of rotatable bonds is 5. The van der Waals surface area contributed by atoms with Crippen molar-refractivity contribution < 1.29 is 4.79 Å². The van der Waals surface area contributed by atoms with E-state index in [0.29, 0.717) is 6.04 Å². The van der Waals surface area contributed by atoms with Crippen molar-refractivity contribution >= 4 is 21.8 Å². The van der Waals surface area contributed by atoms with Crippen molar-refractivity contribution in [2.75, 3.05) is 6.54 Å². The number of hydrogen-bond acceptors (Lipinski definition) is 1. The maximum Gasteiger partial charge on any atom is 0.239 e. The van der Waals surface area contributed by atoms with E-state index in [2.05, 4.69) is 27.8 Å². The molecule has 1 amide bonds. The van der Waals surface area contributed by atoms with Crippen molar-refractivity contribution in [2.45, 2.75) is 56.8 Å². The molecule has 1 aliphatic carbocycles. The van der Waals surface area contributed by atoms with E-state index in [1.165, 1.54) is 12.8 Å². The summed E-state index contributed by atoms with van der Waals surface area (Å²) in [6.07, 6.45) is 4.65. The first-order valence-electron chi connectivity index (χ1n) is 5.46. The van der Waals surface area contributed by atoms with Gasteiger partial charge in [-0.3, -0.25) is 4.79 Å². The lowest BCUT2D eigenvalue weighted by Crippen LogP contribution is -2.43. The van der Waals surface area contributed by atoms with Gasteiger partial charge in [0.1, 0.15) is 0 Å². The Balaban J connectivity index is 2.53. The molecule has 0 bridgehead atoms. The number of hydrogen-bond donors (Lipinski definition) is 0. The van der Waals surface area contributed by atoms with Gasteiger partial charge in [0.2, 0.25) is 5.91 Å². The summed E-state index contributed by atoms with van der Waals surface area (Å²) in [5.74, 6) is 0.244. The van der Waals surface area contributed by atoms with Crippen molar-refractivity contribution in [1.29, 1.82) is 0 Å². The molecule has 1 saturated carbocycles. The summed E-state index contributed by atoms with van der Waals surface area (Å²) in [5, 5.41) is 0. The third-order valence-electron chi connectivity index (χ3n) is 2.51. The molecular weight excluding hydrogens is 242 g/mol. The van der Waals surface area contributed by atoms with Crippen LogP contribution in [0.2, 0.25) is 0 Å². The summed E-state index contributed by atoms with van der Waals surface area (Å²) >= 11 is 3.44. The molecule has 3 heteroatoms. The van der Waals surface area contributed by atoms with E-state index in [1.54, 1.807) is 0 Å². The van der Waals surface area contributed by atoms with E-state index in [1.807, 2.05) is 13.8 Å². The van der Waals surface area contributed by atoms with Crippen molar-refractivity contribution in [3.63, 3.8) is 0 Å². The summed E-state index contributed by atoms with van der Waals surface area (Å²) in [6.45, 7) is 6.94. The minimum absolute atomic E-state index is 0.244. The van der Waals surface area contributed by atoms with Gasteiger partial charge in [-0.15, -0.1) is 0 Å². The Morgan fingerprint density at radius 3 is 2.43 bits per heavy atom. The van der Waals surface area contributed by atoms with Gasteiger partial charge in [0.05, 0.1) is 4.32 Å². The smallest absolute Gasteiger partial charge is 0.239 e. The minimum atomic E-state index is -0.399.